The van der Waals surface area contributed by atoms with E-state index in [1.807, 2.05) is 0 Å². The standard InChI is InChI=1S/C15H18OS/c1-2-15(16,12-7-8-12)9-11-10-17-14-6-4-3-5-13(11)14/h3-6,10,12,16H,2,7-9H2,1H3. The number of thiophene rings is 1. The Kier molecular flexibility index (Phi) is 2.72. The highest BCUT2D eigenvalue weighted by Crippen LogP contribution is 2.44. The van der Waals surface area contributed by atoms with Crippen molar-refractivity contribution in [1.82, 2.24) is 0 Å². The van der Waals surface area contributed by atoms with Gasteiger partial charge in [0.2, 0.25) is 0 Å². The van der Waals surface area contributed by atoms with Gasteiger partial charge in [0.25, 0.3) is 0 Å². The van der Waals surface area contributed by atoms with Crippen LogP contribution in [0.25, 0.3) is 10.1 Å². The third kappa shape index (κ3) is 2.00. The molecule has 17 heavy (non-hydrogen) atoms. The van der Waals surface area contributed by atoms with Gasteiger partial charge in [0.15, 0.2) is 0 Å². The van der Waals surface area contributed by atoms with Gasteiger partial charge in [-0.2, -0.15) is 0 Å². The minimum absolute atomic E-state index is 0.468. The third-order valence-electron chi connectivity index (χ3n) is 4.01. The number of rotatable bonds is 4. The molecule has 3 rings (SSSR count). The summed E-state index contributed by atoms with van der Waals surface area (Å²) < 4.78 is 1.33. The van der Waals surface area contributed by atoms with E-state index < -0.39 is 5.60 Å². The second-order valence-electron chi connectivity index (χ2n) is 5.17. The maximum absolute atomic E-state index is 10.7. The number of aliphatic hydroxyl groups is 1. The summed E-state index contributed by atoms with van der Waals surface area (Å²) in [5.41, 5.74) is 0.853. The van der Waals surface area contributed by atoms with Crippen molar-refractivity contribution in [3.05, 3.63) is 35.2 Å². The molecule has 1 aliphatic carbocycles. The topological polar surface area (TPSA) is 20.2 Å². The van der Waals surface area contributed by atoms with E-state index in [0.717, 1.165) is 12.8 Å². The predicted molar refractivity (Wildman–Crippen MR) is 73.5 cm³/mol. The van der Waals surface area contributed by atoms with E-state index in [1.165, 1.54) is 28.5 Å². The minimum Gasteiger partial charge on any atom is -0.389 e. The molecule has 1 saturated carbocycles. The Hall–Kier alpha value is -0.860. The SMILES string of the molecule is CCC(O)(Cc1csc2ccccc12)C1CC1. The van der Waals surface area contributed by atoms with Crippen LogP contribution in [0.4, 0.5) is 0 Å². The lowest BCUT2D eigenvalue weighted by Crippen LogP contribution is -2.33. The molecule has 1 fully saturated rings. The van der Waals surface area contributed by atoms with E-state index in [2.05, 4.69) is 36.6 Å². The second kappa shape index (κ2) is 4.11. The van der Waals surface area contributed by atoms with Crippen LogP contribution in [0.1, 0.15) is 31.7 Å². The molecule has 1 aliphatic rings. The van der Waals surface area contributed by atoms with Gasteiger partial charge in [-0.05, 0) is 47.6 Å². The normalized spacial score (nSPS) is 19.4. The van der Waals surface area contributed by atoms with Crippen LogP contribution < -0.4 is 0 Å². The monoisotopic (exact) mass is 246 g/mol. The van der Waals surface area contributed by atoms with Gasteiger partial charge in [0.05, 0.1) is 5.60 Å². The Labute approximate surface area is 106 Å². The van der Waals surface area contributed by atoms with Gasteiger partial charge in [-0.1, -0.05) is 25.1 Å². The number of benzene rings is 1. The third-order valence-corrected chi connectivity index (χ3v) is 5.02. The fourth-order valence-corrected chi connectivity index (χ4v) is 3.64. The summed E-state index contributed by atoms with van der Waals surface area (Å²) in [6.45, 7) is 2.10. The van der Waals surface area contributed by atoms with Gasteiger partial charge in [-0.3, -0.25) is 0 Å². The van der Waals surface area contributed by atoms with Crippen LogP contribution in [-0.4, -0.2) is 10.7 Å². The van der Waals surface area contributed by atoms with Crippen LogP contribution in [0, 0.1) is 5.92 Å². The van der Waals surface area contributed by atoms with E-state index in [-0.39, 0.29) is 0 Å². The predicted octanol–water partition coefficient (Wildman–Crippen LogP) is 3.99. The fourth-order valence-electron chi connectivity index (χ4n) is 2.68. The highest BCUT2D eigenvalue weighted by atomic mass is 32.1. The van der Waals surface area contributed by atoms with Gasteiger partial charge in [-0.25, -0.2) is 0 Å². The van der Waals surface area contributed by atoms with E-state index >= 15 is 0 Å². The van der Waals surface area contributed by atoms with Crippen LogP contribution in [0.3, 0.4) is 0 Å². The van der Waals surface area contributed by atoms with Crippen LogP contribution in [0.2, 0.25) is 0 Å². The lowest BCUT2D eigenvalue weighted by Gasteiger charge is -2.26. The summed E-state index contributed by atoms with van der Waals surface area (Å²) in [7, 11) is 0. The Balaban J connectivity index is 1.94. The second-order valence-corrected chi connectivity index (χ2v) is 6.08. The van der Waals surface area contributed by atoms with Crippen molar-refractivity contribution in [2.24, 2.45) is 5.92 Å². The maximum Gasteiger partial charge on any atom is 0.0713 e. The highest BCUT2D eigenvalue weighted by molar-refractivity contribution is 7.17. The molecule has 0 aliphatic heterocycles. The van der Waals surface area contributed by atoms with Crippen LogP contribution in [0.15, 0.2) is 29.6 Å². The summed E-state index contributed by atoms with van der Waals surface area (Å²) in [5.74, 6) is 0.533. The first-order valence-corrected chi connectivity index (χ1v) is 7.28. The molecule has 0 radical (unpaired) electrons. The molecule has 1 N–H and O–H groups in total. The number of fused-ring (bicyclic) bond motifs is 1. The minimum atomic E-state index is -0.468. The van der Waals surface area contributed by atoms with Gasteiger partial charge < -0.3 is 5.11 Å². The molecule has 0 saturated heterocycles. The van der Waals surface area contributed by atoms with Crippen molar-refractivity contribution < 1.29 is 5.11 Å². The molecule has 1 atom stereocenters. The van der Waals surface area contributed by atoms with Crippen LogP contribution in [-0.2, 0) is 6.42 Å². The lowest BCUT2D eigenvalue weighted by atomic mass is 9.87. The average molecular weight is 246 g/mol. The Morgan fingerprint density at radius 2 is 2.12 bits per heavy atom. The zero-order valence-corrected chi connectivity index (χ0v) is 11.0. The fraction of sp³-hybridized carbons (Fsp3) is 0.467. The Morgan fingerprint density at radius 1 is 1.35 bits per heavy atom. The molecule has 1 unspecified atom stereocenters. The van der Waals surface area contributed by atoms with E-state index in [0.29, 0.717) is 5.92 Å². The molecule has 90 valence electrons. The summed E-state index contributed by atoms with van der Waals surface area (Å²) >= 11 is 1.79. The molecule has 0 amide bonds. The number of hydrogen-bond donors (Lipinski definition) is 1. The molecule has 1 heterocycles. The van der Waals surface area contributed by atoms with Gasteiger partial charge in [0.1, 0.15) is 0 Å². The van der Waals surface area contributed by atoms with E-state index in [9.17, 15) is 5.11 Å². The van der Waals surface area contributed by atoms with Crippen molar-refractivity contribution in [2.75, 3.05) is 0 Å². The molecule has 1 nitrogen and oxygen atoms in total. The summed E-state index contributed by atoms with van der Waals surface area (Å²) in [6.07, 6.45) is 4.08. The van der Waals surface area contributed by atoms with E-state index in [1.54, 1.807) is 11.3 Å². The quantitative estimate of drug-likeness (QED) is 0.864. The summed E-state index contributed by atoms with van der Waals surface area (Å²) in [4.78, 5) is 0. The highest BCUT2D eigenvalue weighted by Gasteiger charge is 2.42. The van der Waals surface area contributed by atoms with Gasteiger partial charge in [-0.15, -0.1) is 11.3 Å². The van der Waals surface area contributed by atoms with Crippen LogP contribution in [0.5, 0.6) is 0 Å². The first-order chi connectivity index (χ1) is 8.23. The summed E-state index contributed by atoms with van der Waals surface area (Å²) in [5, 5.41) is 14.2. The molecule has 2 aromatic rings. The summed E-state index contributed by atoms with van der Waals surface area (Å²) in [6, 6.07) is 8.49. The first-order valence-electron chi connectivity index (χ1n) is 6.40. The number of hydrogen-bond acceptors (Lipinski definition) is 2. The molecule has 1 aromatic heterocycles. The van der Waals surface area contributed by atoms with Crippen molar-refractivity contribution in [1.29, 1.82) is 0 Å². The molecular formula is C15H18OS. The van der Waals surface area contributed by atoms with Gasteiger partial charge >= 0.3 is 0 Å². The first kappa shape index (κ1) is 11.2. The van der Waals surface area contributed by atoms with Crippen LogP contribution >= 0.6 is 11.3 Å². The van der Waals surface area contributed by atoms with Crippen molar-refractivity contribution >= 4 is 21.4 Å². The maximum atomic E-state index is 10.7. The molecule has 1 aromatic carbocycles. The largest absolute Gasteiger partial charge is 0.389 e. The van der Waals surface area contributed by atoms with Crippen molar-refractivity contribution in [3.63, 3.8) is 0 Å². The lowest BCUT2D eigenvalue weighted by molar-refractivity contribution is 0.0143. The Bertz CT molecular complexity index is 526. The van der Waals surface area contributed by atoms with Gasteiger partial charge in [0, 0.05) is 11.1 Å². The molecule has 0 bridgehead atoms. The zero-order valence-electron chi connectivity index (χ0n) is 10.1. The van der Waals surface area contributed by atoms with Crippen molar-refractivity contribution in [3.8, 4) is 0 Å². The smallest absolute Gasteiger partial charge is 0.0713 e. The molecule has 0 spiro atoms. The van der Waals surface area contributed by atoms with E-state index in [4.69, 9.17) is 0 Å². The zero-order chi connectivity index (χ0) is 11.9. The Morgan fingerprint density at radius 3 is 2.82 bits per heavy atom. The molecule has 2 heteroatoms. The molecular weight excluding hydrogens is 228 g/mol. The van der Waals surface area contributed by atoms with Crippen molar-refractivity contribution in [2.45, 2.75) is 38.2 Å². The average Bonchev–Trinajstić information content (AvgIpc) is 3.14.